The first kappa shape index (κ1) is 14.8. The van der Waals surface area contributed by atoms with E-state index in [2.05, 4.69) is 15.9 Å². The zero-order chi connectivity index (χ0) is 16.2. The average molecular weight is 378 g/mol. The molecule has 1 aromatic rings. The number of carbonyl (C=O) groups excluding carboxylic acids is 2. The Balaban J connectivity index is 2.01. The summed E-state index contributed by atoms with van der Waals surface area (Å²) in [5, 5.41) is 0. The number of amides is 1. The van der Waals surface area contributed by atoms with E-state index in [0.717, 1.165) is 28.4 Å². The fraction of sp³-hybridized carbons (Fsp3) is 0.412. The molecule has 4 rings (SSSR count). The maximum Gasteiger partial charge on any atom is 0.209 e. The highest BCUT2D eigenvalue weighted by Gasteiger charge is 2.54. The Morgan fingerprint density at radius 2 is 2.35 bits per heavy atom. The van der Waals surface area contributed by atoms with Crippen molar-refractivity contribution in [1.82, 2.24) is 4.90 Å². The first-order chi connectivity index (χ1) is 11.1. The molecule has 1 amide bonds. The molecule has 0 radical (unpaired) electrons. The van der Waals surface area contributed by atoms with Gasteiger partial charge in [0.2, 0.25) is 6.41 Å². The Morgan fingerprint density at radius 1 is 1.52 bits per heavy atom. The minimum atomic E-state index is -0.479. The highest BCUT2D eigenvalue weighted by molar-refractivity contribution is 9.10. The Hall–Kier alpha value is -1.82. The lowest BCUT2D eigenvalue weighted by Gasteiger charge is -2.35. The molecule has 0 saturated carbocycles. The lowest BCUT2D eigenvalue weighted by atomic mass is 9.71. The predicted octanol–water partition coefficient (Wildman–Crippen LogP) is 2.00. The summed E-state index contributed by atoms with van der Waals surface area (Å²) in [6.45, 7) is 1.17. The van der Waals surface area contributed by atoms with Gasteiger partial charge in [0.1, 0.15) is 6.10 Å². The van der Waals surface area contributed by atoms with E-state index in [9.17, 15) is 9.59 Å². The summed E-state index contributed by atoms with van der Waals surface area (Å²) in [5.41, 5.74) is 1.71. The van der Waals surface area contributed by atoms with E-state index >= 15 is 0 Å². The number of benzene rings is 1. The molecule has 23 heavy (non-hydrogen) atoms. The van der Waals surface area contributed by atoms with Crippen LogP contribution in [0.5, 0.6) is 11.5 Å². The minimum Gasteiger partial charge on any atom is -0.493 e. The van der Waals surface area contributed by atoms with Crippen molar-refractivity contribution in [2.45, 2.75) is 24.4 Å². The second kappa shape index (κ2) is 5.09. The molecular formula is C17H16BrNO4. The molecule has 2 aliphatic heterocycles. The number of methoxy groups -OCH3 is 1. The SMILES string of the molecule is COc1cc(Br)c2c3c1OC1CC(=O)C=CC31CN(C=O)CC2. The third-order valence-electron chi connectivity index (χ3n) is 5.03. The van der Waals surface area contributed by atoms with E-state index in [1.54, 1.807) is 18.1 Å². The highest BCUT2D eigenvalue weighted by atomic mass is 79.9. The standard InChI is InChI=1S/C17H16BrNO4/c1-22-13-7-12(18)11-3-5-19(9-20)8-17-4-2-10(21)6-14(17)23-16(13)15(11)17/h2,4,7,9,14H,3,5-6,8H2,1H3. The van der Waals surface area contributed by atoms with Gasteiger partial charge in [0.05, 0.1) is 12.5 Å². The first-order valence-corrected chi connectivity index (χ1v) is 8.36. The van der Waals surface area contributed by atoms with Crippen molar-refractivity contribution in [3.05, 3.63) is 33.8 Å². The lowest BCUT2D eigenvalue weighted by molar-refractivity contribution is -0.119. The maximum atomic E-state index is 11.9. The van der Waals surface area contributed by atoms with Gasteiger partial charge in [0.15, 0.2) is 17.3 Å². The van der Waals surface area contributed by atoms with Crippen molar-refractivity contribution in [3.63, 3.8) is 0 Å². The van der Waals surface area contributed by atoms with Gasteiger partial charge < -0.3 is 14.4 Å². The third-order valence-corrected chi connectivity index (χ3v) is 5.74. The molecule has 0 fully saturated rings. The van der Waals surface area contributed by atoms with Gasteiger partial charge >= 0.3 is 0 Å². The molecule has 2 heterocycles. The number of ether oxygens (including phenoxy) is 2. The van der Waals surface area contributed by atoms with Gasteiger partial charge in [0, 0.05) is 29.5 Å². The van der Waals surface area contributed by atoms with Crippen molar-refractivity contribution in [3.8, 4) is 11.5 Å². The quantitative estimate of drug-likeness (QED) is 0.739. The van der Waals surface area contributed by atoms with Crippen molar-refractivity contribution in [2.75, 3.05) is 20.2 Å². The number of nitrogens with zero attached hydrogens (tertiary/aromatic N) is 1. The summed E-state index contributed by atoms with van der Waals surface area (Å²) in [7, 11) is 1.61. The number of carbonyl (C=O) groups is 2. The smallest absolute Gasteiger partial charge is 0.209 e. The van der Waals surface area contributed by atoms with Gasteiger partial charge in [-0.2, -0.15) is 0 Å². The van der Waals surface area contributed by atoms with Crippen LogP contribution >= 0.6 is 15.9 Å². The molecule has 120 valence electrons. The number of hydrogen-bond donors (Lipinski definition) is 0. The monoisotopic (exact) mass is 377 g/mol. The lowest BCUT2D eigenvalue weighted by Crippen LogP contribution is -2.48. The summed E-state index contributed by atoms with van der Waals surface area (Å²) < 4.78 is 12.6. The van der Waals surface area contributed by atoms with Gasteiger partial charge in [-0.15, -0.1) is 0 Å². The number of allylic oxidation sites excluding steroid dienone is 1. The van der Waals surface area contributed by atoms with Crippen LogP contribution in [-0.4, -0.2) is 43.4 Å². The Labute approximate surface area is 142 Å². The van der Waals surface area contributed by atoms with Crippen LogP contribution in [0.25, 0.3) is 0 Å². The van der Waals surface area contributed by atoms with Gasteiger partial charge in [-0.3, -0.25) is 9.59 Å². The Morgan fingerprint density at radius 3 is 3.09 bits per heavy atom. The average Bonchev–Trinajstić information content (AvgIpc) is 2.76. The molecule has 3 aliphatic rings. The molecule has 0 N–H and O–H groups in total. The van der Waals surface area contributed by atoms with E-state index < -0.39 is 5.41 Å². The molecule has 0 bridgehead atoms. The van der Waals surface area contributed by atoms with Crippen molar-refractivity contribution in [2.24, 2.45) is 0 Å². The van der Waals surface area contributed by atoms with E-state index in [1.807, 2.05) is 12.1 Å². The highest BCUT2D eigenvalue weighted by Crippen LogP contribution is 2.55. The van der Waals surface area contributed by atoms with Gasteiger partial charge in [0.25, 0.3) is 0 Å². The summed E-state index contributed by atoms with van der Waals surface area (Å²) in [6, 6.07) is 1.90. The van der Waals surface area contributed by atoms with Crippen LogP contribution in [0.15, 0.2) is 22.7 Å². The zero-order valence-electron chi connectivity index (χ0n) is 12.7. The fourth-order valence-corrected chi connectivity index (χ4v) is 4.57. The molecule has 2 atom stereocenters. The summed E-state index contributed by atoms with van der Waals surface area (Å²) in [5.74, 6) is 1.42. The second-order valence-electron chi connectivity index (χ2n) is 6.22. The predicted molar refractivity (Wildman–Crippen MR) is 86.9 cm³/mol. The first-order valence-electron chi connectivity index (χ1n) is 7.57. The summed E-state index contributed by atoms with van der Waals surface area (Å²) in [6.07, 6.45) is 5.19. The number of halogens is 1. The van der Waals surface area contributed by atoms with Crippen molar-refractivity contribution in [1.29, 1.82) is 0 Å². The van der Waals surface area contributed by atoms with E-state index in [0.29, 0.717) is 31.0 Å². The molecule has 0 aromatic heterocycles. The molecule has 1 aliphatic carbocycles. The van der Waals surface area contributed by atoms with Crippen LogP contribution in [0.1, 0.15) is 17.5 Å². The van der Waals surface area contributed by atoms with Crippen LogP contribution in [0.3, 0.4) is 0 Å². The van der Waals surface area contributed by atoms with Gasteiger partial charge in [-0.1, -0.05) is 22.0 Å². The summed E-state index contributed by atoms with van der Waals surface area (Å²) in [4.78, 5) is 25.1. The van der Waals surface area contributed by atoms with Gasteiger partial charge in [-0.25, -0.2) is 0 Å². The molecule has 1 aromatic carbocycles. The minimum absolute atomic E-state index is 0.0508. The Kier molecular flexibility index (Phi) is 3.27. The molecule has 2 unspecified atom stereocenters. The molecular weight excluding hydrogens is 362 g/mol. The zero-order valence-corrected chi connectivity index (χ0v) is 14.3. The number of hydrogen-bond acceptors (Lipinski definition) is 4. The largest absolute Gasteiger partial charge is 0.493 e. The molecule has 6 heteroatoms. The number of rotatable bonds is 2. The van der Waals surface area contributed by atoms with E-state index in [4.69, 9.17) is 9.47 Å². The summed E-state index contributed by atoms with van der Waals surface area (Å²) >= 11 is 3.63. The van der Waals surface area contributed by atoms with E-state index in [1.165, 1.54) is 0 Å². The normalized spacial score (nSPS) is 27.8. The molecule has 5 nitrogen and oxygen atoms in total. The Bertz CT molecular complexity index is 745. The molecule has 1 spiro atoms. The van der Waals surface area contributed by atoms with Crippen molar-refractivity contribution >= 4 is 28.1 Å². The topological polar surface area (TPSA) is 55.8 Å². The van der Waals surface area contributed by atoms with Crippen molar-refractivity contribution < 1.29 is 19.1 Å². The van der Waals surface area contributed by atoms with Crippen LogP contribution < -0.4 is 9.47 Å². The van der Waals surface area contributed by atoms with Crippen LogP contribution in [-0.2, 0) is 21.4 Å². The van der Waals surface area contributed by atoms with Crippen LogP contribution in [0, 0.1) is 0 Å². The van der Waals surface area contributed by atoms with Crippen LogP contribution in [0.4, 0.5) is 0 Å². The molecule has 0 saturated heterocycles. The number of ketones is 1. The maximum absolute atomic E-state index is 11.9. The fourth-order valence-electron chi connectivity index (χ4n) is 3.96. The van der Waals surface area contributed by atoms with Crippen LogP contribution in [0.2, 0.25) is 0 Å². The van der Waals surface area contributed by atoms with E-state index in [-0.39, 0.29) is 11.9 Å². The third kappa shape index (κ3) is 1.97. The second-order valence-corrected chi connectivity index (χ2v) is 7.07. The van der Waals surface area contributed by atoms with Gasteiger partial charge in [-0.05, 0) is 24.1 Å².